The first-order chi connectivity index (χ1) is 5.99. The summed E-state index contributed by atoms with van der Waals surface area (Å²) in [4.78, 5) is 10.9. The van der Waals surface area contributed by atoms with Crippen molar-refractivity contribution in [2.24, 2.45) is 5.92 Å². The smallest absolute Gasteiger partial charge is 0.335 e. The van der Waals surface area contributed by atoms with Crippen molar-refractivity contribution in [3.8, 4) is 0 Å². The monoisotopic (exact) mass is 184 g/mol. The van der Waals surface area contributed by atoms with Crippen molar-refractivity contribution in [1.82, 2.24) is 0 Å². The van der Waals surface area contributed by atoms with E-state index >= 15 is 0 Å². The van der Waals surface area contributed by atoms with Crippen LogP contribution in [0, 0.1) is 5.92 Å². The van der Waals surface area contributed by atoms with E-state index in [2.05, 4.69) is 6.92 Å². The SMILES string of the molecule is CC1CCC12CCC(C)(C(=O)O)O2. The van der Waals surface area contributed by atoms with Crippen LogP contribution in [0.2, 0.25) is 0 Å². The molecule has 74 valence electrons. The normalized spacial score (nSPS) is 49.2. The molecule has 2 fully saturated rings. The number of carboxylic acids is 1. The maximum atomic E-state index is 10.9. The molecule has 1 aliphatic carbocycles. The van der Waals surface area contributed by atoms with Crippen LogP contribution in [0.15, 0.2) is 0 Å². The van der Waals surface area contributed by atoms with Crippen LogP contribution in [-0.4, -0.2) is 22.3 Å². The minimum atomic E-state index is -0.922. The highest BCUT2D eigenvalue weighted by Gasteiger charge is 2.56. The van der Waals surface area contributed by atoms with Crippen LogP contribution in [0.25, 0.3) is 0 Å². The van der Waals surface area contributed by atoms with Crippen molar-refractivity contribution in [2.75, 3.05) is 0 Å². The molecule has 1 spiro atoms. The van der Waals surface area contributed by atoms with Gasteiger partial charge in [0.25, 0.3) is 0 Å². The summed E-state index contributed by atoms with van der Waals surface area (Å²) < 4.78 is 5.75. The fourth-order valence-electron chi connectivity index (χ4n) is 2.43. The zero-order valence-corrected chi connectivity index (χ0v) is 8.17. The van der Waals surface area contributed by atoms with E-state index in [-0.39, 0.29) is 5.60 Å². The summed E-state index contributed by atoms with van der Waals surface area (Å²) in [5, 5.41) is 8.99. The van der Waals surface area contributed by atoms with Crippen molar-refractivity contribution < 1.29 is 14.6 Å². The fraction of sp³-hybridized carbons (Fsp3) is 0.900. The summed E-state index contributed by atoms with van der Waals surface area (Å²) in [5.74, 6) is -0.280. The Morgan fingerprint density at radius 1 is 1.46 bits per heavy atom. The first-order valence-corrected chi connectivity index (χ1v) is 4.92. The Kier molecular flexibility index (Phi) is 1.71. The minimum Gasteiger partial charge on any atom is -0.479 e. The lowest BCUT2D eigenvalue weighted by Gasteiger charge is -2.45. The summed E-state index contributed by atoms with van der Waals surface area (Å²) in [6.45, 7) is 3.84. The highest BCUT2D eigenvalue weighted by molar-refractivity contribution is 5.77. The molecule has 0 aromatic carbocycles. The molecule has 0 radical (unpaired) electrons. The van der Waals surface area contributed by atoms with Gasteiger partial charge in [-0.3, -0.25) is 0 Å². The molecule has 1 aliphatic heterocycles. The van der Waals surface area contributed by atoms with E-state index in [1.807, 2.05) is 0 Å². The van der Waals surface area contributed by atoms with Gasteiger partial charge in [0, 0.05) is 0 Å². The Balaban J connectivity index is 2.13. The standard InChI is InChI=1S/C10H16O3/c1-7-3-4-10(7)6-5-9(2,13-10)8(11)12/h7H,3-6H2,1-2H3,(H,11,12). The molecule has 3 nitrogen and oxygen atoms in total. The lowest BCUT2D eigenvalue weighted by atomic mass is 9.69. The van der Waals surface area contributed by atoms with Gasteiger partial charge in [-0.05, 0) is 38.5 Å². The summed E-state index contributed by atoms with van der Waals surface area (Å²) in [6, 6.07) is 0. The maximum Gasteiger partial charge on any atom is 0.335 e. The van der Waals surface area contributed by atoms with E-state index in [9.17, 15) is 4.79 Å². The van der Waals surface area contributed by atoms with Crippen molar-refractivity contribution in [3.05, 3.63) is 0 Å². The molecule has 3 heteroatoms. The van der Waals surface area contributed by atoms with Crippen LogP contribution in [0.3, 0.4) is 0 Å². The second-order valence-electron chi connectivity index (χ2n) is 4.64. The molecular weight excluding hydrogens is 168 g/mol. The predicted molar refractivity (Wildman–Crippen MR) is 47.5 cm³/mol. The number of hydrogen-bond donors (Lipinski definition) is 1. The van der Waals surface area contributed by atoms with Crippen molar-refractivity contribution in [2.45, 2.75) is 50.7 Å². The number of hydrogen-bond acceptors (Lipinski definition) is 2. The zero-order valence-electron chi connectivity index (χ0n) is 8.17. The van der Waals surface area contributed by atoms with Gasteiger partial charge in [0.15, 0.2) is 5.60 Å². The van der Waals surface area contributed by atoms with Crippen LogP contribution in [0.1, 0.15) is 39.5 Å². The van der Waals surface area contributed by atoms with E-state index in [1.54, 1.807) is 6.92 Å². The second-order valence-corrected chi connectivity index (χ2v) is 4.64. The molecule has 1 saturated carbocycles. The van der Waals surface area contributed by atoms with Gasteiger partial charge in [0.2, 0.25) is 0 Å². The highest BCUT2D eigenvalue weighted by Crippen LogP contribution is 2.52. The third-order valence-corrected chi connectivity index (χ3v) is 3.80. The van der Waals surface area contributed by atoms with E-state index in [0.29, 0.717) is 12.3 Å². The van der Waals surface area contributed by atoms with Crippen LogP contribution in [-0.2, 0) is 9.53 Å². The number of ether oxygens (including phenoxy) is 1. The molecule has 1 N–H and O–H groups in total. The summed E-state index contributed by atoms with van der Waals surface area (Å²) in [5.41, 5.74) is -1.01. The average molecular weight is 184 g/mol. The van der Waals surface area contributed by atoms with Gasteiger partial charge < -0.3 is 9.84 Å². The van der Waals surface area contributed by atoms with E-state index in [4.69, 9.17) is 9.84 Å². The van der Waals surface area contributed by atoms with Gasteiger partial charge >= 0.3 is 5.97 Å². The van der Waals surface area contributed by atoms with Crippen LogP contribution >= 0.6 is 0 Å². The third kappa shape index (κ3) is 1.10. The Labute approximate surface area is 78.1 Å². The molecule has 0 amide bonds. The predicted octanol–water partition coefficient (Wildman–Crippen LogP) is 1.81. The summed E-state index contributed by atoms with van der Waals surface area (Å²) >= 11 is 0. The van der Waals surface area contributed by atoms with Gasteiger partial charge in [-0.1, -0.05) is 6.92 Å². The van der Waals surface area contributed by atoms with E-state index < -0.39 is 11.6 Å². The second kappa shape index (κ2) is 2.47. The molecule has 1 saturated heterocycles. The van der Waals surface area contributed by atoms with E-state index in [1.165, 1.54) is 6.42 Å². The summed E-state index contributed by atoms with van der Waals surface area (Å²) in [6.07, 6.45) is 3.79. The quantitative estimate of drug-likeness (QED) is 0.676. The Morgan fingerprint density at radius 2 is 2.15 bits per heavy atom. The molecule has 13 heavy (non-hydrogen) atoms. The van der Waals surface area contributed by atoms with Crippen molar-refractivity contribution >= 4 is 5.97 Å². The highest BCUT2D eigenvalue weighted by atomic mass is 16.6. The lowest BCUT2D eigenvalue weighted by Crippen LogP contribution is -2.48. The molecular formula is C10H16O3. The van der Waals surface area contributed by atoms with Crippen molar-refractivity contribution in [3.63, 3.8) is 0 Å². The Morgan fingerprint density at radius 3 is 2.38 bits per heavy atom. The van der Waals surface area contributed by atoms with Gasteiger partial charge in [0.05, 0.1) is 5.60 Å². The zero-order chi connectivity index (χ0) is 9.69. The maximum absolute atomic E-state index is 10.9. The molecule has 3 unspecified atom stereocenters. The third-order valence-electron chi connectivity index (χ3n) is 3.80. The van der Waals surface area contributed by atoms with Crippen LogP contribution < -0.4 is 0 Å². The Hall–Kier alpha value is -0.570. The minimum absolute atomic E-state index is 0.0901. The van der Waals surface area contributed by atoms with Crippen LogP contribution in [0.4, 0.5) is 0 Å². The van der Waals surface area contributed by atoms with Crippen LogP contribution in [0.5, 0.6) is 0 Å². The number of carbonyl (C=O) groups is 1. The number of carboxylic acid groups (broad SMARTS) is 1. The molecule has 3 atom stereocenters. The largest absolute Gasteiger partial charge is 0.479 e. The summed E-state index contributed by atoms with van der Waals surface area (Å²) in [7, 11) is 0. The molecule has 0 bridgehead atoms. The molecule has 0 aromatic heterocycles. The molecule has 2 aliphatic rings. The van der Waals surface area contributed by atoms with Gasteiger partial charge in [0.1, 0.15) is 0 Å². The van der Waals surface area contributed by atoms with Gasteiger partial charge in [-0.15, -0.1) is 0 Å². The average Bonchev–Trinajstić information content (AvgIpc) is 2.45. The first kappa shape index (κ1) is 9.00. The molecule has 2 rings (SSSR count). The number of rotatable bonds is 1. The fourth-order valence-corrected chi connectivity index (χ4v) is 2.43. The molecule has 0 aromatic rings. The van der Waals surface area contributed by atoms with Gasteiger partial charge in [-0.25, -0.2) is 4.79 Å². The van der Waals surface area contributed by atoms with Crippen molar-refractivity contribution in [1.29, 1.82) is 0 Å². The molecule has 1 heterocycles. The van der Waals surface area contributed by atoms with E-state index in [0.717, 1.165) is 12.8 Å². The van der Waals surface area contributed by atoms with Gasteiger partial charge in [-0.2, -0.15) is 0 Å². The lowest BCUT2D eigenvalue weighted by molar-refractivity contribution is -0.191. The topological polar surface area (TPSA) is 46.5 Å². The number of aliphatic carboxylic acids is 1. The first-order valence-electron chi connectivity index (χ1n) is 4.92. The Bertz CT molecular complexity index is 251.